The number of nitrogens with two attached hydrogens (primary N) is 1. The fourth-order valence-electron chi connectivity index (χ4n) is 3.01. The van der Waals surface area contributed by atoms with Crippen molar-refractivity contribution in [2.24, 2.45) is 5.73 Å². The smallest absolute Gasteiger partial charge is 0.269 e. The van der Waals surface area contributed by atoms with Crippen molar-refractivity contribution in [3.05, 3.63) is 41.7 Å². The Bertz CT molecular complexity index is 1030. The van der Waals surface area contributed by atoms with Crippen molar-refractivity contribution >= 4 is 17.5 Å². The van der Waals surface area contributed by atoms with E-state index in [0.29, 0.717) is 42.3 Å². The van der Waals surface area contributed by atoms with Gasteiger partial charge in [-0.15, -0.1) is 0 Å². The van der Waals surface area contributed by atoms with Crippen molar-refractivity contribution < 1.29 is 19.4 Å². The summed E-state index contributed by atoms with van der Waals surface area (Å²) in [6, 6.07) is 6.99. The molecule has 1 aromatic heterocycles. The number of likely N-dealkylation sites (tertiary alicyclic amines) is 1. The highest BCUT2D eigenvalue weighted by Gasteiger charge is 2.42. The summed E-state index contributed by atoms with van der Waals surface area (Å²) in [5.41, 5.74) is 5.49. The predicted octanol–water partition coefficient (Wildman–Crippen LogP) is 0.246. The van der Waals surface area contributed by atoms with E-state index in [1.807, 2.05) is 0 Å². The Morgan fingerprint density at radius 1 is 1.47 bits per heavy atom. The molecule has 0 aliphatic carbocycles. The van der Waals surface area contributed by atoms with Crippen LogP contribution in [0.1, 0.15) is 22.5 Å². The normalized spacial score (nSPS) is 18.1. The molecule has 3 rings (SSSR count). The predicted molar refractivity (Wildman–Crippen MR) is 110 cm³/mol. The summed E-state index contributed by atoms with van der Waals surface area (Å²) in [5.74, 6) is 4.75. The molecule has 4 N–H and O–H groups in total. The Morgan fingerprint density at radius 2 is 2.27 bits per heavy atom. The standard InChI is InChI=1S/C21H23N5O4/c1-26-10-8-21(29,20(26)28)7-6-14-4-3-5-15(12-14)19-24-13-16(23-9-11-30-2)17(25-19)18(22)27/h3-5,12-13,23,29H,8-11H2,1-2H3,(H2,22,27). The second-order valence-corrected chi connectivity index (χ2v) is 6.91. The number of carbonyl (C=O) groups excluding carboxylic acids is 2. The van der Waals surface area contributed by atoms with Gasteiger partial charge in [0.15, 0.2) is 11.5 Å². The molecule has 30 heavy (non-hydrogen) atoms. The molecule has 1 aliphatic rings. The van der Waals surface area contributed by atoms with E-state index >= 15 is 0 Å². The maximum Gasteiger partial charge on any atom is 0.269 e. The number of aliphatic hydroxyl groups is 1. The number of methoxy groups -OCH3 is 1. The highest BCUT2D eigenvalue weighted by molar-refractivity contribution is 5.96. The van der Waals surface area contributed by atoms with Crippen molar-refractivity contribution in [3.8, 4) is 23.2 Å². The van der Waals surface area contributed by atoms with Gasteiger partial charge in [-0.2, -0.15) is 0 Å². The van der Waals surface area contributed by atoms with Crippen molar-refractivity contribution in [1.82, 2.24) is 14.9 Å². The first-order valence-corrected chi connectivity index (χ1v) is 9.35. The second-order valence-electron chi connectivity index (χ2n) is 6.91. The van der Waals surface area contributed by atoms with Crippen LogP contribution in [0.4, 0.5) is 5.69 Å². The van der Waals surface area contributed by atoms with Crippen LogP contribution in [-0.2, 0) is 9.53 Å². The number of aromatic nitrogens is 2. The molecule has 2 amide bonds. The third-order valence-electron chi connectivity index (χ3n) is 4.69. The van der Waals surface area contributed by atoms with Crippen molar-refractivity contribution in [2.45, 2.75) is 12.0 Å². The molecule has 0 saturated carbocycles. The minimum atomic E-state index is -1.67. The lowest BCUT2D eigenvalue weighted by molar-refractivity contribution is -0.137. The number of carbonyl (C=O) groups is 2. The number of nitrogens with zero attached hydrogens (tertiary/aromatic N) is 3. The average molecular weight is 409 g/mol. The monoisotopic (exact) mass is 409 g/mol. The Hall–Kier alpha value is -3.48. The molecule has 1 saturated heterocycles. The van der Waals surface area contributed by atoms with E-state index in [0.717, 1.165) is 0 Å². The van der Waals surface area contributed by atoms with Gasteiger partial charge in [0.1, 0.15) is 0 Å². The van der Waals surface area contributed by atoms with Crippen molar-refractivity contribution in [1.29, 1.82) is 0 Å². The van der Waals surface area contributed by atoms with Gasteiger partial charge in [0, 0.05) is 44.8 Å². The van der Waals surface area contributed by atoms with Crippen molar-refractivity contribution in [2.75, 3.05) is 39.2 Å². The van der Waals surface area contributed by atoms with Gasteiger partial charge in [-0.05, 0) is 12.1 Å². The number of likely N-dealkylation sites (N-methyl/N-ethyl adjacent to an activating group) is 1. The number of rotatable bonds is 6. The Morgan fingerprint density at radius 3 is 2.93 bits per heavy atom. The Balaban J connectivity index is 1.87. The first-order valence-electron chi connectivity index (χ1n) is 9.35. The fourth-order valence-corrected chi connectivity index (χ4v) is 3.01. The fraction of sp³-hybridized carbons (Fsp3) is 0.333. The number of anilines is 1. The van der Waals surface area contributed by atoms with Crippen LogP contribution in [0, 0.1) is 11.8 Å². The van der Waals surface area contributed by atoms with Crippen LogP contribution in [0.3, 0.4) is 0 Å². The maximum absolute atomic E-state index is 12.1. The van der Waals surface area contributed by atoms with Crippen LogP contribution < -0.4 is 11.1 Å². The topological polar surface area (TPSA) is 131 Å². The molecule has 1 atom stereocenters. The minimum absolute atomic E-state index is 0.0708. The molecule has 1 aliphatic heterocycles. The molecule has 9 nitrogen and oxygen atoms in total. The van der Waals surface area contributed by atoms with Gasteiger partial charge in [-0.1, -0.05) is 24.0 Å². The summed E-state index contributed by atoms with van der Waals surface area (Å²) >= 11 is 0. The second kappa shape index (κ2) is 8.90. The van der Waals surface area contributed by atoms with Gasteiger partial charge in [0.25, 0.3) is 11.8 Å². The van der Waals surface area contributed by atoms with Gasteiger partial charge >= 0.3 is 0 Å². The van der Waals surface area contributed by atoms with E-state index < -0.39 is 17.4 Å². The third kappa shape index (κ3) is 4.56. The summed E-state index contributed by atoms with van der Waals surface area (Å²) in [5, 5.41) is 13.4. The molecule has 2 aromatic rings. The van der Waals surface area contributed by atoms with Gasteiger partial charge in [-0.25, -0.2) is 9.97 Å². The van der Waals surface area contributed by atoms with Gasteiger partial charge in [0.05, 0.1) is 18.5 Å². The molecule has 156 valence electrons. The molecular formula is C21H23N5O4. The minimum Gasteiger partial charge on any atom is -0.383 e. The third-order valence-corrected chi connectivity index (χ3v) is 4.69. The van der Waals surface area contributed by atoms with Gasteiger partial charge in [-0.3, -0.25) is 9.59 Å². The Labute approximate surface area is 174 Å². The quantitative estimate of drug-likeness (QED) is 0.460. The van der Waals surface area contributed by atoms with Crippen LogP contribution in [0.15, 0.2) is 30.5 Å². The lowest BCUT2D eigenvalue weighted by Gasteiger charge is -2.13. The van der Waals surface area contributed by atoms with E-state index in [-0.39, 0.29) is 12.1 Å². The zero-order valence-corrected chi connectivity index (χ0v) is 16.8. The highest BCUT2D eigenvalue weighted by atomic mass is 16.5. The molecule has 0 radical (unpaired) electrons. The number of hydrogen-bond acceptors (Lipinski definition) is 7. The van der Waals surface area contributed by atoms with E-state index in [9.17, 15) is 14.7 Å². The van der Waals surface area contributed by atoms with Crippen LogP contribution in [0.25, 0.3) is 11.4 Å². The van der Waals surface area contributed by atoms with Crippen molar-refractivity contribution in [3.63, 3.8) is 0 Å². The molecule has 0 bridgehead atoms. The van der Waals surface area contributed by atoms with Crippen LogP contribution in [0.5, 0.6) is 0 Å². The van der Waals surface area contributed by atoms with Gasteiger partial charge < -0.3 is 25.8 Å². The lowest BCUT2D eigenvalue weighted by Crippen LogP contribution is -2.37. The van der Waals surface area contributed by atoms with Crippen LogP contribution >= 0.6 is 0 Å². The molecule has 1 aromatic carbocycles. The van der Waals surface area contributed by atoms with E-state index in [4.69, 9.17) is 10.5 Å². The summed E-state index contributed by atoms with van der Waals surface area (Å²) in [6.45, 7) is 1.38. The van der Waals surface area contributed by atoms with Gasteiger partial charge in [0.2, 0.25) is 5.60 Å². The molecular weight excluding hydrogens is 386 g/mol. The molecule has 1 unspecified atom stereocenters. The average Bonchev–Trinajstić information content (AvgIpc) is 3.00. The zero-order chi connectivity index (χ0) is 21.7. The SMILES string of the molecule is COCCNc1cnc(-c2cccc(C#CC3(O)CCN(C)C3=O)c2)nc1C(N)=O. The first-order chi connectivity index (χ1) is 14.3. The summed E-state index contributed by atoms with van der Waals surface area (Å²) in [4.78, 5) is 33.9. The highest BCUT2D eigenvalue weighted by Crippen LogP contribution is 2.22. The number of nitrogens with one attached hydrogen (secondary N) is 1. The number of amides is 2. The van der Waals surface area contributed by atoms with E-state index in [1.54, 1.807) is 38.4 Å². The van der Waals surface area contributed by atoms with Crippen LogP contribution in [0.2, 0.25) is 0 Å². The summed E-state index contributed by atoms with van der Waals surface area (Å²) < 4.78 is 4.98. The maximum atomic E-state index is 12.1. The zero-order valence-electron chi connectivity index (χ0n) is 16.8. The largest absolute Gasteiger partial charge is 0.383 e. The summed E-state index contributed by atoms with van der Waals surface area (Å²) in [7, 11) is 3.20. The van der Waals surface area contributed by atoms with Crippen LogP contribution in [-0.4, -0.2) is 71.2 Å². The molecule has 9 heteroatoms. The molecule has 0 spiro atoms. The lowest BCUT2D eigenvalue weighted by atomic mass is 10.0. The summed E-state index contributed by atoms with van der Waals surface area (Å²) in [6.07, 6.45) is 1.75. The number of hydrogen-bond donors (Lipinski definition) is 3. The first kappa shape index (κ1) is 21.2. The number of benzene rings is 1. The Kier molecular flexibility index (Phi) is 6.30. The molecule has 1 fully saturated rings. The van der Waals surface area contributed by atoms with E-state index in [1.165, 1.54) is 11.1 Å². The van der Waals surface area contributed by atoms with E-state index in [2.05, 4.69) is 27.1 Å². The number of ether oxygens (including phenoxy) is 1. The molecule has 2 heterocycles. The number of primary amides is 1.